The minimum atomic E-state index is -0.426. The van der Waals surface area contributed by atoms with Crippen molar-refractivity contribution in [3.8, 4) is 0 Å². The SMILES string of the molecule is CCCN1CCN(c2ccc([N+](=O)[O-])cc2Nc2ncnc(Cl)c2N)CC1. The fraction of sp³-hybridized carbons (Fsp3) is 0.412. The summed E-state index contributed by atoms with van der Waals surface area (Å²) in [5, 5.41) is 14.4. The number of hydrogen-bond acceptors (Lipinski definition) is 8. The third-order valence-corrected chi connectivity index (χ3v) is 4.83. The van der Waals surface area contributed by atoms with Crippen molar-refractivity contribution in [3.63, 3.8) is 0 Å². The van der Waals surface area contributed by atoms with E-state index in [1.54, 1.807) is 6.07 Å². The molecular weight excluding hydrogens is 370 g/mol. The van der Waals surface area contributed by atoms with Gasteiger partial charge in [-0.05, 0) is 19.0 Å². The minimum absolute atomic E-state index is 0.00964. The lowest BCUT2D eigenvalue weighted by atomic mass is 10.2. The molecule has 2 aromatic rings. The number of nitro groups is 1. The second-order valence-corrected chi connectivity index (χ2v) is 6.70. The molecule has 9 nitrogen and oxygen atoms in total. The van der Waals surface area contributed by atoms with Crippen molar-refractivity contribution in [1.82, 2.24) is 14.9 Å². The number of nitrogens with zero attached hydrogens (tertiary/aromatic N) is 5. The Balaban J connectivity index is 1.90. The summed E-state index contributed by atoms with van der Waals surface area (Å²) in [6.07, 6.45) is 2.42. The molecule has 27 heavy (non-hydrogen) atoms. The number of halogens is 1. The fourth-order valence-corrected chi connectivity index (χ4v) is 3.28. The van der Waals surface area contributed by atoms with Gasteiger partial charge in [0.1, 0.15) is 12.0 Å². The number of anilines is 4. The monoisotopic (exact) mass is 391 g/mol. The smallest absolute Gasteiger partial charge is 0.271 e. The first-order valence-corrected chi connectivity index (χ1v) is 9.16. The second-order valence-electron chi connectivity index (χ2n) is 6.34. The normalized spacial score (nSPS) is 15.0. The maximum atomic E-state index is 11.2. The minimum Gasteiger partial charge on any atom is -0.393 e. The standard InChI is InChI=1S/C17H22ClN7O2/c1-2-5-23-6-8-24(9-7-23)14-4-3-12(25(26)27)10-13(14)22-17-15(19)16(18)20-11-21-17/h3-4,10-11H,2,5-9,19H2,1H3,(H,20,21,22). The van der Waals surface area contributed by atoms with E-state index in [2.05, 4.69) is 32.0 Å². The van der Waals surface area contributed by atoms with Crippen molar-refractivity contribution in [1.29, 1.82) is 0 Å². The first-order valence-electron chi connectivity index (χ1n) is 8.78. The van der Waals surface area contributed by atoms with Crippen molar-refractivity contribution in [3.05, 3.63) is 39.8 Å². The van der Waals surface area contributed by atoms with E-state index in [9.17, 15) is 10.1 Å². The second kappa shape index (κ2) is 8.36. The van der Waals surface area contributed by atoms with Crippen LogP contribution < -0.4 is 16.0 Å². The van der Waals surface area contributed by atoms with E-state index in [-0.39, 0.29) is 16.5 Å². The van der Waals surface area contributed by atoms with Crippen LogP contribution in [0.5, 0.6) is 0 Å². The number of piperazine rings is 1. The van der Waals surface area contributed by atoms with Gasteiger partial charge in [-0.1, -0.05) is 18.5 Å². The molecule has 144 valence electrons. The van der Waals surface area contributed by atoms with E-state index >= 15 is 0 Å². The third-order valence-electron chi connectivity index (χ3n) is 4.53. The van der Waals surface area contributed by atoms with Crippen molar-refractivity contribution in [2.24, 2.45) is 0 Å². The molecule has 0 unspecified atom stereocenters. The van der Waals surface area contributed by atoms with Crippen molar-refractivity contribution in [2.75, 3.05) is 48.7 Å². The number of nitrogen functional groups attached to an aromatic ring is 1. The molecule has 10 heteroatoms. The molecule has 1 fully saturated rings. The summed E-state index contributed by atoms with van der Waals surface area (Å²) < 4.78 is 0. The molecule has 1 aliphatic rings. The zero-order chi connectivity index (χ0) is 19.4. The van der Waals surface area contributed by atoms with Crippen LogP contribution in [0.15, 0.2) is 24.5 Å². The molecule has 0 bridgehead atoms. The number of nitro benzene ring substituents is 1. The van der Waals surface area contributed by atoms with Gasteiger partial charge in [0, 0.05) is 38.3 Å². The molecule has 1 saturated heterocycles. The van der Waals surface area contributed by atoms with Gasteiger partial charge in [0.2, 0.25) is 0 Å². The van der Waals surface area contributed by atoms with Crippen LogP contribution in [-0.4, -0.2) is 52.5 Å². The Labute approximate surface area is 162 Å². The predicted molar refractivity (Wildman–Crippen MR) is 107 cm³/mol. The van der Waals surface area contributed by atoms with Gasteiger partial charge in [0.15, 0.2) is 11.0 Å². The molecule has 1 aromatic carbocycles. The number of hydrogen-bond donors (Lipinski definition) is 2. The summed E-state index contributed by atoms with van der Waals surface area (Å²) >= 11 is 5.96. The number of non-ortho nitro benzene ring substituents is 1. The van der Waals surface area contributed by atoms with Crippen LogP contribution in [0.1, 0.15) is 13.3 Å². The van der Waals surface area contributed by atoms with E-state index in [1.165, 1.54) is 18.5 Å². The van der Waals surface area contributed by atoms with Gasteiger partial charge >= 0.3 is 0 Å². The molecule has 0 radical (unpaired) electrons. The maximum absolute atomic E-state index is 11.2. The lowest BCUT2D eigenvalue weighted by molar-refractivity contribution is -0.384. The summed E-state index contributed by atoms with van der Waals surface area (Å²) in [7, 11) is 0. The van der Waals surface area contributed by atoms with Crippen molar-refractivity contribution >= 4 is 40.2 Å². The molecule has 3 rings (SSSR count). The van der Waals surface area contributed by atoms with Gasteiger partial charge in [0.05, 0.1) is 16.3 Å². The van der Waals surface area contributed by atoms with E-state index in [0.29, 0.717) is 11.5 Å². The van der Waals surface area contributed by atoms with Crippen LogP contribution >= 0.6 is 11.6 Å². The van der Waals surface area contributed by atoms with E-state index < -0.39 is 4.92 Å². The number of rotatable bonds is 6. The van der Waals surface area contributed by atoms with E-state index in [0.717, 1.165) is 44.8 Å². The van der Waals surface area contributed by atoms with Crippen LogP contribution in [0, 0.1) is 10.1 Å². The summed E-state index contributed by atoms with van der Waals surface area (Å²) in [5.74, 6) is 0.321. The molecule has 0 atom stereocenters. The van der Waals surface area contributed by atoms with Crippen LogP contribution in [-0.2, 0) is 0 Å². The van der Waals surface area contributed by atoms with Gasteiger partial charge in [-0.15, -0.1) is 0 Å². The van der Waals surface area contributed by atoms with E-state index in [1.807, 2.05) is 0 Å². The average Bonchev–Trinajstić information content (AvgIpc) is 2.66. The molecular formula is C17H22ClN7O2. The van der Waals surface area contributed by atoms with Crippen LogP contribution in [0.4, 0.5) is 28.6 Å². The zero-order valence-corrected chi connectivity index (χ0v) is 15.8. The molecule has 1 aromatic heterocycles. The summed E-state index contributed by atoms with van der Waals surface area (Å²) in [4.78, 5) is 23.3. The largest absolute Gasteiger partial charge is 0.393 e. The van der Waals surface area contributed by atoms with Crippen molar-refractivity contribution < 1.29 is 4.92 Å². The number of aromatic nitrogens is 2. The Hall–Kier alpha value is -2.65. The van der Waals surface area contributed by atoms with Gasteiger partial charge in [-0.3, -0.25) is 15.0 Å². The Morgan fingerprint density at radius 3 is 2.70 bits per heavy atom. The summed E-state index contributed by atoms with van der Waals surface area (Å²) in [6.45, 7) is 6.83. The Kier molecular flexibility index (Phi) is 5.92. The fourth-order valence-electron chi connectivity index (χ4n) is 3.14. The highest BCUT2D eigenvalue weighted by molar-refractivity contribution is 6.32. The van der Waals surface area contributed by atoms with Gasteiger partial charge in [0.25, 0.3) is 5.69 Å². The Bertz CT molecular complexity index is 825. The Morgan fingerprint density at radius 2 is 2.04 bits per heavy atom. The Morgan fingerprint density at radius 1 is 1.30 bits per heavy atom. The molecule has 2 heterocycles. The zero-order valence-electron chi connectivity index (χ0n) is 15.1. The molecule has 0 spiro atoms. The van der Waals surface area contributed by atoms with Crippen LogP contribution in [0.2, 0.25) is 5.15 Å². The molecule has 3 N–H and O–H groups in total. The molecule has 1 aliphatic heterocycles. The van der Waals surface area contributed by atoms with E-state index in [4.69, 9.17) is 17.3 Å². The van der Waals surface area contributed by atoms with Gasteiger partial charge in [-0.2, -0.15) is 0 Å². The van der Waals surface area contributed by atoms with Gasteiger partial charge < -0.3 is 16.0 Å². The highest BCUT2D eigenvalue weighted by atomic mass is 35.5. The van der Waals surface area contributed by atoms with Gasteiger partial charge in [-0.25, -0.2) is 9.97 Å². The predicted octanol–water partition coefficient (Wildman–Crippen LogP) is 2.90. The molecule has 0 saturated carbocycles. The van der Waals surface area contributed by atoms with Crippen molar-refractivity contribution in [2.45, 2.75) is 13.3 Å². The molecule has 0 aliphatic carbocycles. The highest BCUT2D eigenvalue weighted by Gasteiger charge is 2.21. The summed E-state index contributed by atoms with van der Waals surface area (Å²) in [6, 6.07) is 4.76. The quantitative estimate of drug-likeness (QED) is 0.439. The first-order chi connectivity index (χ1) is 13.0. The maximum Gasteiger partial charge on any atom is 0.271 e. The number of benzene rings is 1. The average molecular weight is 392 g/mol. The number of nitrogens with two attached hydrogens (primary N) is 1. The lowest BCUT2D eigenvalue weighted by Crippen LogP contribution is -2.46. The summed E-state index contributed by atoms with van der Waals surface area (Å²) in [5.41, 5.74) is 7.55. The van der Waals surface area contributed by atoms with Crippen LogP contribution in [0.3, 0.4) is 0 Å². The lowest BCUT2D eigenvalue weighted by Gasteiger charge is -2.36. The molecule has 0 amide bonds. The number of nitrogens with one attached hydrogen (secondary N) is 1. The highest BCUT2D eigenvalue weighted by Crippen LogP contribution is 2.35. The third kappa shape index (κ3) is 4.37. The van der Waals surface area contributed by atoms with Crippen LogP contribution in [0.25, 0.3) is 0 Å². The first kappa shape index (κ1) is 19.1. The topological polar surface area (TPSA) is 113 Å².